The standard InChI is InChI=1S/C21H29N5O5S/c1-15-22-20(14-24(15)2)32(29,30)26-10-8-16(9-11-26)21(28)25(3)13-19(27)23-17-6-5-7-18(12-17)31-4/h5-7,12,14,16H,8-11,13H2,1-4H3,(H,23,27). The molecule has 0 bridgehead atoms. The zero-order chi connectivity index (χ0) is 23.5. The van der Waals surface area contributed by atoms with Crippen molar-refractivity contribution in [1.29, 1.82) is 0 Å². The van der Waals surface area contributed by atoms with E-state index in [-0.39, 0.29) is 42.4 Å². The van der Waals surface area contributed by atoms with Gasteiger partial charge >= 0.3 is 0 Å². The fourth-order valence-electron chi connectivity index (χ4n) is 3.63. The van der Waals surface area contributed by atoms with Crippen LogP contribution in [-0.2, 0) is 26.7 Å². The number of rotatable bonds is 7. The van der Waals surface area contributed by atoms with E-state index < -0.39 is 10.0 Å². The Labute approximate surface area is 188 Å². The van der Waals surface area contributed by atoms with Crippen molar-refractivity contribution < 1.29 is 22.7 Å². The van der Waals surface area contributed by atoms with Crippen LogP contribution in [0.15, 0.2) is 35.5 Å². The van der Waals surface area contributed by atoms with E-state index in [1.807, 2.05) is 0 Å². The molecule has 1 fully saturated rings. The zero-order valence-corrected chi connectivity index (χ0v) is 19.6. The second kappa shape index (κ2) is 9.70. The highest BCUT2D eigenvalue weighted by molar-refractivity contribution is 7.89. The van der Waals surface area contributed by atoms with Crippen molar-refractivity contribution >= 4 is 27.5 Å². The minimum Gasteiger partial charge on any atom is -0.497 e. The average molecular weight is 464 g/mol. The minimum absolute atomic E-state index is 0.0219. The lowest BCUT2D eigenvalue weighted by Crippen LogP contribution is -2.45. The molecule has 1 saturated heterocycles. The molecule has 1 aliphatic rings. The molecular weight excluding hydrogens is 434 g/mol. The maximum absolute atomic E-state index is 12.8. The quantitative estimate of drug-likeness (QED) is 0.661. The van der Waals surface area contributed by atoms with Gasteiger partial charge in [0.2, 0.25) is 11.8 Å². The molecule has 3 rings (SSSR count). The highest BCUT2D eigenvalue weighted by atomic mass is 32.2. The van der Waals surface area contributed by atoms with Gasteiger partial charge in [0.05, 0.1) is 13.7 Å². The van der Waals surface area contributed by atoms with Gasteiger partial charge in [0.1, 0.15) is 11.6 Å². The third-order valence-electron chi connectivity index (χ3n) is 5.60. The Kier molecular flexibility index (Phi) is 7.19. The molecule has 11 heteroatoms. The van der Waals surface area contributed by atoms with Crippen LogP contribution < -0.4 is 10.1 Å². The van der Waals surface area contributed by atoms with E-state index in [0.29, 0.717) is 30.1 Å². The lowest BCUT2D eigenvalue weighted by molar-refractivity contribution is -0.138. The molecule has 1 N–H and O–H groups in total. The summed E-state index contributed by atoms with van der Waals surface area (Å²) in [4.78, 5) is 30.6. The van der Waals surface area contributed by atoms with Crippen molar-refractivity contribution in [2.45, 2.75) is 24.8 Å². The van der Waals surface area contributed by atoms with Crippen molar-refractivity contribution in [3.8, 4) is 5.75 Å². The number of likely N-dealkylation sites (N-methyl/N-ethyl adjacent to an activating group) is 1. The van der Waals surface area contributed by atoms with E-state index in [9.17, 15) is 18.0 Å². The molecule has 1 aromatic carbocycles. The van der Waals surface area contributed by atoms with E-state index in [1.165, 1.54) is 15.4 Å². The second-order valence-corrected chi connectivity index (χ2v) is 9.77. The Bertz CT molecular complexity index is 1070. The van der Waals surface area contributed by atoms with Gasteiger partial charge in [0, 0.05) is 51.1 Å². The molecule has 2 amide bonds. The number of piperidine rings is 1. The Morgan fingerprint density at radius 2 is 1.97 bits per heavy atom. The number of carbonyl (C=O) groups excluding carboxylic acids is 2. The monoisotopic (exact) mass is 463 g/mol. The van der Waals surface area contributed by atoms with Crippen LogP contribution in [0.3, 0.4) is 0 Å². The molecule has 0 atom stereocenters. The fraction of sp³-hybridized carbons (Fsp3) is 0.476. The first-order valence-corrected chi connectivity index (χ1v) is 11.7. The SMILES string of the molecule is COc1cccc(NC(=O)CN(C)C(=O)C2CCN(S(=O)(=O)c3cn(C)c(C)n3)CC2)c1. The van der Waals surface area contributed by atoms with Crippen molar-refractivity contribution in [3.63, 3.8) is 0 Å². The molecule has 0 aliphatic carbocycles. The van der Waals surface area contributed by atoms with E-state index in [1.54, 1.807) is 57.0 Å². The summed E-state index contributed by atoms with van der Waals surface area (Å²) < 4.78 is 33.8. The number of nitrogens with one attached hydrogen (secondary N) is 1. The van der Waals surface area contributed by atoms with Crippen LogP contribution in [0, 0.1) is 12.8 Å². The van der Waals surface area contributed by atoms with Gasteiger partial charge < -0.3 is 19.5 Å². The average Bonchev–Trinajstić information content (AvgIpc) is 3.12. The number of imidazole rings is 1. The van der Waals surface area contributed by atoms with Crippen molar-refractivity contribution in [1.82, 2.24) is 18.8 Å². The van der Waals surface area contributed by atoms with Crippen LogP contribution >= 0.6 is 0 Å². The summed E-state index contributed by atoms with van der Waals surface area (Å²) in [6.07, 6.45) is 2.29. The molecule has 174 valence electrons. The first-order valence-electron chi connectivity index (χ1n) is 10.3. The number of hydrogen-bond acceptors (Lipinski definition) is 6. The summed E-state index contributed by atoms with van der Waals surface area (Å²) in [5.74, 6) is 0.412. The largest absolute Gasteiger partial charge is 0.497 e. The molecule has 0 unspecified atom stereocenters. The van der Waals surface area contributed by atoms with Gasteiger partial charge in [-0.1, -0.05) is 6.07 Å². The van der Waals surface area contributed by atoms with Crippen LogP contribution in [0.2, 0.25) is 0 Å². The van der Waals surface area contributed by atoms with E-state index in [4.69, 9.17) is 4.74 Å². The fourth-order valence-corrected chi connectivity index (χ4v) is 5.13. The van der Waals surface area contributed by atoms with Crippen molar-refractivity contribution in [3.05, 3.63) is 36.3 Å². The summed E-state index contributed by atoms with van der Waals surface area (Å²) in [5, 5.41) is 2.77. The zero-order valence-electron chi connectivity index (χ0n) is 18.7. The maximum atomic E-state index is 12.8. The highest BCUT2D eigenvalue weighted by Crippen LogP contribution is 2.25. The smallest absolute Gasteiger partial charge is 0.262 e. The van der Waals surface area contributed by atoms with Crippen LogP contribution in [0.25, 0.3) is 0 Å². The Morgan fingerprint density at radius 3 is 2.56 bits per heavy atom. The second-order valence-electron chi connectivity index (χ2n) is 7.89. The molecule has 2 heterocycles. The summed E-state index contributed by atoms with van der Waals surface area (Å²) >= 11 is 0. The number of carbonyl (C=O) groups is 2. The number of aromatic nitrogens is 2. The molecule has 0 spiro atoms. The van der Waals surface area contributed by atoms with Gasteiger partial charge in [0.25, 0.3) is 10.0 Å². The molecule has 1 aliphatic heterocycles. The molecule has 0 radical (unpaired) electrons. The Hall–Kier alpha value is -2.92. The number of ether oxygens (including phenoxy) is 1. The normalized spacial score (nSPS) is 15.4. The summed E-state index contributed by atoms with van der Waals surface area (Å²) in [6.45, 7) is 2.11. The van der Waals surface area contributed by atoms with Gasteiger partial charge in [-0.2, -0.15) is 4.31 Å². The number of hydrogen-bond donors (Lipinski definition) is 1. The molecule has 1 aromatic heterocycles. The van der Waals surface area contributed by atoms with Gasteiger partial charge in [-0.05, 0) is 31.9 Å². The van der Waals surface area contributed by atoms with E-state index in [2.05, 4.69) is 10.3 Å². The third kappa shape index (κ3) is 5.28. The number of aryl methyl sites for hydroxylation is 2. The van der Waals surface area contributed by atoms with Crippen LogP contribution in [0.5, 0.6) is 5.75 Å². The predicted octanol–water partition coefficient (Wildman–Crippen LogP) is 1.23. The van der Waals surface area contributed by atoms with Crippen molar-refractivity contribution in [2.75, 3.05) is 39.1 Å². The van der Waals surface area contributed by atoms with Crippen LogP contribution in [0.1, 0.15) is 18.7 Å². The lowest BCUT2D eigenvalue weighted by atomic mass is 9.96. The van der Waals surface area contributed by atoms with Gasteiger partial charge in [-0.15, -0.1) is 0 Å². The first-order chi connectivity index (χ1) is 15.1. The molecule has 10 nitrogen and oxygen atoms in total. The van der Waals surface area contributed by atoms with Gasteiger partial charge in [0.15, 0.2) is 5.03 Å². The topological polar surface area (TPSA) is 114 Å². The third-order valence-corrected chi connectivity index (χ3v) is 7.37. The van der Waals surface area contributed by atoms with Crippen LogP contribution in [0.4, 0.5) is 5.69 Å². The summed E-state index contributed by atoms with van der Waals surface area (Å²) in [6, 6.07) is 6.96. The predicted molar refractivity (Wildman–Crippen MR) is 119 cm³/mol. The molecular formula is C21H29N5O5S. The van der Waals surface area contributed by atoms with Crippen molar-refractivity contribution in [2.24, 2.45) is 13.0 Å². The molecule has 0 saturated carbocycles. The number of benzene rings is 1. The highest BCUT2D eigenvalue weighted by Gasteiger charge is 2.34. The number of amides is 2. The Morgan fingerprint density at radius 1 is 1.28 bits per heavy atom. The molecule has 32 heavy (non-hydrogen) atoms. The number of anilines is 1. The molecule has 2 aromatic rings. The van der Waals surface area contributed by atoms with Gasteiger partial charge in [-0.3, -0.25) is 9.59 Å². The number of methoxy groups -OCH3 is 1. The first kappa shape index (κ1) is 23.7. The minimum atomic E-state index is -3.69. The van der Waals surface area contributed by atoms with E-state index >= 15 is 0 Å². The summed E-state index contributed by atoms with van der Waals surface area (Å²) in [5.41, 5.74) is 0.582. The van der Waals surface area contributed by atoms with E-state index in [0.717, 1.165) is 0 Å². The maximum Gasteiger partial charge on any atom is 0.262 e. The van der Waals surface area contributed by atoms with Gasteiger partial charge in [-0.25, -0.2) is 13.4 Å². The summed E-state index contributed by atoms with van der Waals surface area (Å²) in [7, 11) is 1.17. The lowest BCUT2D eigenvalue weighted by Gasteiger charge is -2.32. The number of sulfonamides is 1. The number of nitrogens with zero attached hydrogens (tertiary/aromatic N) is 4. The van der Waals surface area contributed by atoms with Crippen LogP contribution in [-0.4, -0.2) is 72.8 Å². The Balaban J connectivity index is 1.53.